The van der Waals surface area contributed by atoms with Crippen molar-refractivity contribution in [3.8, 4) is 0 Å². The summed E-state index contributed by atoms with van der Waals surface area (Å²) in [6.07, 6.45) is 0.528. The molecule has 1 aromatic heterocycles. The van der Waals surface area contributed by atoms with Gasteiger partial charge in [0.2, 0.25) is 0 Å². The summed E-state index contributed by atoms with van der Waals surface area (Å²) in [5.74, 6) is 0.874. The van der Waals surface area contributed by atoms with Crippen LogP contribution in [0.15, 0.2) is 0 Å². The summed E-state index contributed by atoms with van der Waals surface area (Å²) in [6.45, 7) is 1.98. The van der Waals surface area contributed by atoms with Gasteiger partial charge in [-0.15, -0.1) is 0 Å². The molecular formula is C7H11ClN2O. The van der Waals surface area contributed by atoms with E-state index >= 15 is 0 Å². The van der Waals surface area contributed by atoms with Crippen molar-refractivity contribution in [1.29, 1.82) is 0 Å². The number of hydrogen-bond acceptors (Lipinski definition) is 2. The Morgan fingerprint density at radius 3 is 2.64 bits per heavy atom. The molecular weight excluding hydrogens is 164 g/mol. The van der Waals surface area contributed by atoms with Crippen molar-refractivity contribution >= 4 is 11.6 Å². The van der Waals surface area contributed by atoms with Crippen LogP contribution in [0.4, 0.5) is 0 Å². The predicted octanol–water partition coefficient (Wildman–Crippen LogP) is 0.917. The summed E-state index contributed by atoms with van der Waals surface area (Å²) in [5, 5.41) is 9.26. The lowest BCUT2D eigenvalue weighted by molar-refractivity contribution is 0.298. The highest BCUT2D eigenvalue weighted by atomic mass is 35.5. The molecule has 0 aliphatic carbocycles. The lowest BCUT2D eigenvalue weighted by Gasteiger charge is -1.94. The molecule has 0 atom stereocenters. The van der Waals surface area contributed by atoms with E-state index in [1.54, 1.807) is 4.57 Å². The quantitative estimate of drug-likeness (QED) is 0.724. The molecule has 0 unspecified atom stereocenters. The van der Waals surface area contributed by atoms with Gasteiger partial charge >= 0.3 is 0 Å². The zero-order valence-electron chi connectivity index (χ0n) is 6.63. The first-order chi connectivity index (χ1) is 5.16. The average Bonchev–Trinajstić information content (AvgIpc) is 2.19. The van der Waals surface area contributed by atoms with E-state index in [0.29, 0.717) is 11.6 Å². The lowest BCUT2D eigenvalue weighted by Crippen LogP contribution is -1.92. The van der Waals surface area contributed by atoms with Gasteiger partial charge in [0.25, 0.3) is 0 Å². The van der Waals surface area contributed by atoms with Crippen molar-refractivity contribution in [1.82, 2.24) is 9.55 Å². The van der Waals surface area contributed by atoms with Gasteiger partial charge in [-0.3, -0.25) is 0 Å². The largest absolute Gasteiger partial charge is 0.396 e. The van der Waals surface area contributed by atoms with Crippen molar-refractivity contribution in [3.63, 3.8) is 0 Å². The van der Waals surface area contributed by atoms with Crippen molar-refractivity contribution < 1.29 is 5.11 Å². The maximum atomic E-state index is 8.64. The summed E-state index contributed by atoms with van der Waals surface area (Å²) < 4.78 is 1.80. The summed E-state index contributed by atoms with van der Waals surface area (Å²) in [4.78, 5) is 4.17. The fraction of sp³-hybridized carbons (Fsp3) is 0.571. The summed E-state index contributed by atoms with van der Waals surface area (Å²) in [5.41, 5.74) is 0.772. The van der Waals surface area contributed by atoms with E-state index in [2.05, 4.69) is 4.98 Å². The molecule has 0 aliphatic rings. The van der Waals surface area contributed by atoms with E-state index < -0.39 is 0 Å². The van der Waals surface area contributed by atoms with E-state index in [-0.39, 0.29) is 6.61 Å². The summed E-state index contributed by atoms with van der Waals surface area (Å²) in [6, 6.07) is 0. The van der Waals surface area contributed by atoms with E-state index in [9.17, 15) is 0 Å². The summed E-state index contributed by atoms with van der Waals surface area (Å²) >= 11 is 5.88. The van der Waals surface area contributed by atoms with Crippen molar-refractivity contribution in [2.75, 3.05) is 6.61 Å². The molecule has 0 spiro atoms. The van der Waals surface area contributed by atoms with Gasteiger partial charge in [-0.25, -0.2) is 4.98 Å². The molecule has 1 rings (SSSR count). The van der Waals surface area contributed by atoms with Crippen molar-refractivity contribution in [2.45, 2.75) is 13.3 Å². The van der Waals surface area contributed by atoms with Crippen LogP contribution in [-0.4, -0.2) is 21.3 Å². The van der Waals surface area contributed by atoms with Crippen LogP contribution in [0.2, 0.25) is 5.15 Å². The van der Waals surface area contributed by atoms with Crippen LogP contribution in [0.5, 0.6) is 0 Å². The molecule has 0 aromatic carbocycles. The van der Waals surface area contributed by atoms with E-state index in [1.165, 1.54) is 0 Å². The van der Waals surface area contributed by atoms with Crippen LogP contribution in [0.3, 0.4) is 0 Å². The number of hydrogen-bond donors (Lipinski definition) is 1. The molecule has 0 fully saturated rings. The van der Waals surface area contributed by atoms with Gasteiger partial charge in [-0.05, 0) is 6.92 Å². The molecule has 1 heterocycles. The highest BCUT2D eigenvalue weighted by Crippen LogP contribution is 2.15. The Kier molecular flexibility index (Phi) is 2.52. The van der Waals surface area contributed by atoms with Crippen LogP contribution in [-0.2, 0) is 13.5 Å². The van der Waals surface area contributed by atoms with E-state index in [0.717, 1.165) is 11.5 Å². The molecule has 0 saturated carbocycles. The Morgan fingerprint density at radius 2 is 2.27 bits per heavy atom. The molecule has 62 valence electrons. The molecule has 4 heteroatoms. The number of halogens is 1. The third-order valence-electron chi connectivity index (χ3n) is 1.66. The van der Waals surface area contributed by atoms with Gasteiger partial charge in [0.05, 0.1) is 5.69 Å². The third-order valence-corrected chi connectivity index (χ3v) is 2.14. The second kappa shape index (κ2) is 3.24. The zero-order chi connectivity index (χ0) is 8.43. The third kappa shape index (κ3) is 1.54. The molecule has 0 aliphatic heterocycles. The molecule has 11 heavy (non-hydrogen) atoms. The molecule has 0 saturated heterocycles. The van der Waals surface area contributed by atoms with Gasteiger partial charge in [0.1, 0.15) is 11.0 Å². The monoisotopic (exact) mass is 174 g/mol. The number of aliphatic hydroxyl groups excluding tert-OH is 1. The number of aliphatic hydroxyl groups is 1. The molecule has 1 N–H and O–H groups in total. The minimum absolute atomic E-state index is 0.0934. The van der Waals surface area contributed by atoms with Crippen LogP contribution < -0.4 is 0 Å². The van der Waals surface area contributed by atoms with Gasteiger partial charge in [-0.2, -0.15) is 0 Å². The maximum absolute atomic E-state index is 8.64. The first kappa shape index (κ1) is 8.56. The van der Waals surface area contributed by atoms with E-state index in [1.807, 2.05) is 14.0 Å². The van der Waals surface area contributed by atoms with Crippen molar-refractivity contribution in [3.05, 3.63) is 16.7 Å². The number of nitrogens with zero attached hydrogens (tertiary/aromatic N) is 2. The summed E-state index contributed by atoms with van der Waals surface area (Å²) in [7, 11) is 1.85. The Morgan fingerprint density at radius 1 is 1.64 bits per heavy atom. The minimum Gasteiger partial charge on any atom is -0.396 e. The van der Waals surface area contributed by atoms with Gasteiger partial charge in [0.15, 0.2) is 0 Å². The van der Waals surface area contributed by atoms with E-state index in [4.69, 9.17) is 16.7 Å². The van der Waals surface area contributed by atoms with Crippen LogP contribution >= 0.6 is 11.6 Å². The minimum atomic E-state index is 0.0934. The Bertz CT molecular complexity index is 257. The fourth-order valence-electron chi connectivity index (χ4n) is 0.917. The van der Waals surface area contributed by atoms with Gasteiger partial charge in [-0.1, -0.05) is 11.6 Å². The van der Waals surface area contributed by atoms with Gasteiger partial charge < -0.3 is 9.67 Å². The smallest absolute Gasteiger partial charge is 0.131 e. The SMILES string of the molecule is Cc1nc(CCO)c(Cl)n1C. The second-order valence-corrected chi connectivity index (χ2v) is 2.79. The molecule has 0 radical (unpaired) electrons. The second-order valence-electron chi connectivity index (χ2n) is 2.43. The van der Waals surface area contributed by atoms with Crippen molar-refractivity contribution in [2.24, 2.45) is 7.05 Å². The molecule has 1 aromatic rings. The van der Waals surface area contributed by atoms with Crippen LogP contribution in [0.25, 0.3) is 0 Å². The first-order valence-electron chi connectivity index (χ1n) is 3.45. The number of aryl methyl sites for hydroxylation is 1. The number of rotatable bonds is 2. The number of aromatic nitrogens is 2. The Labute approximate surface area is 70.6 Å². The highest BCUT2D eigenvalue weighted by molar-refractivity contribution is 6.30. The highest BCUT2D eigenvalue weighted by Gasteiger charge is 2.07. The normalized spacial score (nSPS) is 10.5. The molecule has 0 bridgehead atoms. The number of imidazole rings is 1. The first-order valence-corrected chi connectivity index (χ1v) is 3.83. The van der Waals surface area contributed by atoms with Crippen LogP contribution in [0, 0.1) is 6.92 Å². The van der Waals surface area contributed by atoms with Gasteiger partial charge in [0, 0.05) is 20.1 Å². The maximum Gasteiger partial charge on any atom is 0.131 e. The molecule has 3 nitrogen and oxygen atoms in total. The standard InChI is InChI=1S/C7H11ClN2O/c1-5-9-6(3-4-11)7(8)10(5)2/h11H,3-4H2,1-2H3. The molecule has 0 amide bonds. The lowest BCUT2D eigenvalue weighted by atomic mass is 10.3. The topological polar surface area (TPSA) is 38.1 Å². The Balaban J connectivity index is 2.98. The zero-order valence-corrected chi connectivity index (χ0v) is 7.39. The van der Waals surface area contributed by atoms with Crippen LogP contribution in [0.1, 0.15) is 11.5 Å². The average molecular weight is 175 g/mol. The Hall–Kier alpha value is -0.540. The predicted molar refractivity (Wildman–Crippen MR) is 43.7 cm³/mol. The fourth-order valence-corrected chi connectivity index (χ4v) is 1.18.